The van der Waals surface area contributed by atoms with Crippen molar-refractivity contribution in [1.29, 1.82) is 0 Å². The number of hydrogen-bond donors (Lipinski definition) is 0. The van der Waals surface area contributed by atoms with Crippen molar-refractivity contribution in [3.05, 3.63) is 107 Å². The third kappa shape index (κ3) is 4.93. The molecule has 0 heteroatoms. The highest BCUT2D eigenvalue weighted by molar-refractivity contribution is 5.65. The van der Waals surface area contributed by atoms with Crippen LogP contribution >= 0.6 is 0 Å². The summed E-state index contributed by atoms with van der Waals surface area (Å²) in [4.78, 5) is 0. The largest absolute Gasteiger partial charge is 0.0917 e. The molecular weight excluding hydrogens is 360 g/mol. The van der Waals surface area contributed by atoms with E-state index in [4.69, 9.17) is 0 Å². The number of allylic oxidation sites excluding steroid dienone is 2. The van der Waals surface area contributed by atoms with E-state index < -0.39 is 0 Å². The molecule has 0 saturated carbocycles. The molecule has 3 aromatic carbocycles. The summed E-state index contributed by atoms with van der Waals surface area (Å²) in [6.45, 7) is 4.34. The van der Waals surface area contributed by atoms with Crippen LogP contribution in [0.25, 0.3) is 11.1 Å². The Balaban J connectivity index is 1.45. The van der Waals surface area contributed by atoms with Crippen molar-refractivity contribution in [3.63, 3.8) is 0 Å². The van der Waals surface area contributed by atoms with E-state index in [9.17, 15) is 0 Å². The van der Waals surface area contributed by atoms with Gasteiger partial charge in [-0.1, -0.05) is 92.2 Å². The van der Waals surface area contributed by atoms with Crippen LogP contribution in [0.15, 0.2) is 78.9 Å². The van der Waals surface area contributed by atoms with Gasteiger partial charge in [0, 0.05) is 0 Å². The van der Waals surface area contributed by atoms with E-state index in [1.165, 1.54) is 65.5 Å². The summed E-state index contributed by atoms with van der Waals surface area (Å²) < 4.78 is 0. The first kappa shape index (κ1) is 20.7. The SMILES string of the molecule is C/C=C/CCc1ccc(-c2ccc3c(c2)CCC(c2ccc(CCC)cc2)C3)cc1. The lowest BCUT2D eigenvalue weighted by atomic mass is 9.79. The molecule has 0 radical (unpaired) electrons. The average molecular weight is 395 g/mol. The van der Waals surface area contributed by atoms with Gasteiger partial charge in [0.2, 0.25) is 0 Å². The van der Waals surface area contributed by atoms with Gasteiger partial charge in [0.05, 0.1) is 0 Å². The van der Waals surface area contributed by atoms with Gasteiger partial charge in [0.25, 0.3) is 0 Å². The molecule has 1 aliphatic carbocycles. The first-order valence-electron chi connectivity index (χ1n) is 11.7. The lowest BCUT2D eigenvalue weighted by Crippen LogP contribution is -2.13. The summed E-state index contributed by atoms with van der Waals surface area (Å²) in [5.74, 6) is 0.662. The highest BCUT2D eigenvalue weighted by Gasteiger charge is 2.20. The number of rotatable bonds is 7. The molecule has 0 amide bonds. The van der Waals surface area contributed by atoms with E-state index in [1.54, 1.807) is 5.56 Å². The molecular formula is C30H34. The van der Waals surface area contributed by atoms with Gasteiger partial charge in [-0.15, -0.1) is 0 Å². The van der Waals surface area contributed by atoms with E-state index in [2.05, 4.69) is 92.7 Å². The van der Waals surface area contributed by atoms with Crippen LogP contribution in [-0.2, 0) is 25.7 Å². The van der Waals surface area contributed by atoms with Gasteiger partial charge in [-0.2, -0.15) is 0 Å². The number of fused-ring (bicyclic) bond motifs is 1. The average Bonchev–Trinajstić information content (AvgIpc) is 2.80. The normalized spacial score (nSPS) is 16.0. The van der Waals surface area contributed by atoms with Gasteiger partial charge in [-0.25, -0.2) is 0 Å². The number of benzene rings is 3. The first-order chi connectivity index (χ1) is 14.8. The molecule has 0 saturated heterocycles. The van der Waals surface area contributed by atoms with Gasteiger partial charge in [-0.3, -0.25) is 0 Å². The van der Waals surface area contributed by atoms with Crippen LogP contribution in [0.4, 0.5) is 0 Å². The van der Waals surface area contributed by atoms with Crippen molar-refractivity contribution in [2.75, 3.05) is 0 Å². The van der Waals surface area contributed by atoms with Gasteiger partial charge in [0.15, 0.2) is 0 Å². The van der Waals surface area contributed by atoms with Gasteiger partial charge < -0.3 is 0 Å². The van der Waals surface area contributed by atoms with Crippen molar-refractivity contribution in [2.45, 2.75) is 64.7 Å². The lowest BCUT2D eigenvalue weighted by molar-refractivity contribution is 0.585. The molecule has 1 unspecified atom stereocenters. The van der Waals surface area contributed by atoms with Crippen LogP contribution < -0.4 is 0 Å². The quantitative estimate of drug-likeness (QED) is 0.355. The van der Waals surface area contributed by atoms with Crippen molar-refractivity contribution >= 4 is 0 Å². The standard InChI is InChI=1S/C30H34/c1-3-5-6-8-24-11-15-26(16-12-24)28-18-20-29-21-27(17-19-30(29)22-28)25-13-9-23(7-4-2)10-14-25/h3,5,9-16,18,20,22,27H,4,6-8,17,19,21H2,1-2H3/b5-3+. The second-order valence-corrected chi connectivity index (χ2v) is 8.72. The molecule has 0 nitrogen and oxygen atoms in total. The molecule has 0 spiro atoms. The maximum absolute atomic E-state index is 2.44. The van der Waals surface area contributed by atoms with Crippen LogP contribution in [0, 0.1) is 0 Å². The Kier molecular flexibility index (Phi) is 6.84. The molecule has 0 aromatic heterocycles. The van der Waals surface area contributed by atoms with Crippen molar-refractivity contribution in [1.82, 2.24) is 0 Å². The minimum atomic E-state index is 0.662. The topological polar surface area (TPSA) is 0 Å². The Labute approximate surface area is 182 Å². The Morgan fingerprint density at radius 3 is 2.23 bits per heavy atom. The molecule has 0 fully saturated rings. The molecule has 1 atom stereocenters. The zero-order valence-corrected chi connectivity index (χ0v) is 18.5. The summed E-state index contributed by atoms with van der Waals surface area (Å²) in [6, 6.07) is 25.7. The third-order valence-electron chi connectivity index (χ3n) is 6.55. The Bertz CT molecular complexity index is 974. The molecule has 0 aliphatic heterocycles. The summed E-state index contributed by atoms with van der Waals surface area (Å²) in [5.41, 5.74) is 10.2. The second-order valence-electron chi connectivity index (χ2n) is 8.72. The van der Waals surface area contributed by atoms with Crippen LogP contribution in [0.1, 0.15) is 66.8 Å². The smallest absolute Gasteiger partial charge is 0.0118 e. The van der Waals surface area contributed by atoms with Crippen LogP contribution in [0.5, 0.6) is 0 Å². The Hall–Kier alpha value is -2.60. The van der Waals surface area contributed by atoms with Crippen LogP contribution in [-0.4, -0.2) is 0 Å². The molecule has 30 heavy (non-hydrogen) atoms. The predicted molar refractivity (Wildman–Crippen MR) is 130 cm³/mol. The molecule has 0 N–H and O–H groups in total. The van der Waals surface area contributed by atoms with E-state index in [-0.39, 0.29) is 0 Å². The zero-order chi connectivity index (χ0) is 20.8. The van der Waals surface area contributed by atoms with Gasteiger partial charge in [-0.05, 0) is 90.3 Å². The molecule has 4 rings (SSSR count). The van der Waals surface area contributed by atoms with Crippen molar-refractivity contribution < 1.29 is 0 Å². The van der Waals surface area contributed by atoms with E-state index >= 15 is 0 Å². The summed E-state index contributed by atoms with van der Waals surface area (Å²) in [7, 11) is 0. The fourth-order valence-corrected chi connectivity index (χ4v) is 4.74. The monoisotopic (exact) mass is 394 g/mol. The predicted octanol–water partition coefficient (Wildman–Crippen LogP) is 8.09. The lowest BCUT2D eigenvalue weighted by Gasteiger charge is -2.26. The number of hydrogen-bond acceptors (Lipinski definition) is 0. The van der Waals surface area contributed by atoms with Crippen molar-refractivity contribution in [2.24, 2.45) is 0 Å². The molecule has 0 bridgehead atoms. The molecule has 1 aliphatic rings. The minimum absolute atomic E-state index is 0.662. The molecule has 3 aromatic rings. The van der Waals surface area contributed by atoms with E-state index in [0.717, 1.165) is 12.8 Å². The Morgan fingerprint density at radius 1 is 0.800 bits per heavy atom. The van der Waals surface area contributed by atoms with E-state index in [0.29, 0.717) is 5.92 Å². The van der Waals surface area contributed by atoms with Crippen molar-refractivity contribution in [3.8, 4) is 11.1 Å². The third-order valence-corrected chi connectivity index (χ3v) is 6.55. The zero-order valence-electron chi connectivity index (χ0n) is 18.5. The van der Waals surface area contributed by atoms with E-state index in [1.807, 2.05) is 0 Å². The first-order valence-corrected chi connectivity index (χ1v) is 11.7. The summed E-state index contributed by atoms with van der Waals surface area (Å²) in [6.07, 6.45) is 12.6. The van der Waals surface area contributed by atoms with Gasteiger partial charge >= 0.3 is 0 Å². The van der Waals surface area contributed by atoms with Gasteiger partial charge in [0.1, 0.15) is 0 Å². The Morgan fingerprint density at radius 2 is 1.50 bits per heavy atom. The molecule has 154 valence electrons. The highest BCUT2D eigenvalue weighted by atomic mass is 14.2. The summed E-state index contributed by atoms with van der Waals surface area (Å²) >= 11 is 0. The summed E-state index contributed by atoms with van der Waals surface area (Å²) in [5, 5.41) is 0. The fourth-order valence-electron chi connectivity index (χ4n) is 4.74. The molecule has 0 heterocycles. The highest BCUT2D eigenvalue weighted by Crippen LogP contribution is 2.35. The maximum atomic E-state index is 2.44. The number of aryl methyl sites for hydroxylation is 3. The second kappa shape index (κ2) is 9.94. The van der Waals surface area contributed by atoms with Crippen LogP contribution in [0.2, 0.25) is 0 Å². The maximum Gasteiger partial charge on any atom is -0.0118 e. The minimum Gasteiger partial charge on any atom is -0.0917 e. The fraction of sp³-hybridized carbons (Fsp3) is 0.333. The van der Waals surface area contributed by atoms with Crippen LogP contribution in [0.3, 0.4) is 0 Å².